The van der Waals surface area contributed by atoms with Crippen LogP contribution in [-0.2, 0) is 0 Å². The van der Waals surface area contributed by atoms with Crippen LogP contribution in [0.3, 0.4) is 0 Å². The molecule has 2 aromatic heterocycles. The van der Waals surface area contributed by atoms with Crippen molar-refractivity contribution in [3.05, 3.63) is 35.6 Å². The largest absolute Gasteiger partial charge is 0.490 e. The molecule has 0 spiro atoms. The highest BCUT2D eigenvalue weighted by Gasteiger charge is 2.17. The van der Waals surface area contributed by atoms with Crippen molar-refractivity contribution in [1.29, 1.82) is 0 Å². The molecule has 0 amide bonds. The first-order valence-electron chi connectivity index (χ1n) is 8.69. The molecule has 136 valence electrons. The molecule has 1 aliphatic rings. The van der Waals surface area contributed by atoms with Crippen molar-refractivity contribution in [3.8, 4) is 11.6 Å². The smallest absolute Gasteiger partial charge is 0.257 e. The fraction of sp³-hybridized carbons (Fsp3) is 0.389. The molecule has 26 heavy (non-hydrogen) atoms. The van der Waals surface area contributed by atoms with Crippen LogP contribution < -0.4 is 19.7 Å². The van der Waals surface area contributed by atoms with Gasteiger partial charge in [0.05, 0.1) is 15.2 Å². The Labute approximate surface area is 156 Å². The van der Waals surface area contributed by atoms with Crippen molar-refractivity contribution in [2.45, 2.75) is 6.92 Å². The minimum atomic E-state index is 0.409. The Kier molecular flexibility index (Phi) is 5.12. The maximum absolute atomic E-state index is 5.83. The number of benzene rings is 1. The predicted octanol–water partition coefficient (Wildman–Crippen LogP) is 2.26. The predicted molar refractivity (Wildman–Crippen MR) is 102 cm³/mol. The van der Waals surface area contributed by atoms with E-state index in [1.807, 2.05) is 25.1 Å². The zero-order chi connectivity index (χ0) is 17.8. The summed E-state index contributed by atoms with van der Waals surface area (Å²) < 4.78 is 12.8. The number of piperazine rings is 1. The van der Waals surface area contributed by atoms with Gasteiger partial charge in [-0.1, -0.05) is 0 Å². The molecule has 1 saturated heterocycles. The summed E-state index contributed by atoms with van der Waals surface area (Å²) in [6.45, 7) is 6.54. The number of anilines is 1. The van der Waals surface area contributed by atoms with Gasteiger partial charge in [-0.3, -0.25) is 0 Å². The second-order valence-corrected chi connectivity index (χ2v) is 7.22. The van der Waals surface area contributed by atoms with Gasteiger partial charge in [0.2, 0.25) is 0 Å². The summed E-state index contributed by atoms with van der Waals surface area (Å²) in [7, 11) is 0. The molecule has 1 fully saturated rings. The first-order chi connectivity index (χ1) is 12.8. The number of hydrogen-bond acceptors (Lipinski definition) is 8. The van der Waals surface area contributed by atoms with E-state index in [1.54, 1.807) is 23.7 Å². The third-order valence-electron chi connectivity index (χ3n) is 4.12. The molecule has 7 nitrogen and oxygen atoms in total. The molecule has 3 aromatic rings. The van der Waals surface area contributed by atoms with Gasteiger partial charge >= 0.3 is 0 Å². The first-order valence-corrected chi connectivity index (χ1v) is 9.51. The summed E-state index contributed by atoms with van der Waals surface area (Å²) in [6.07, 6.45) is 3.35. The summed E-state index contributed by atoms with van der Waals surface area (Å²) in [4.78, 5) is 15.5. The molecule has 0 aliphatic carbocycles. The van der Waals surface area contributed by atoms with Crippen molar-refractivity contribution >= 4 is 27.4 Å². The number of thiazole rings is 1. The number of nitrogens with zero attached hydrogens (tertiary/aromatic N) is 4. The van der Waals surface area contributed by atoms with Crippen molar-refractivity contribution in [2.75, 3.05) is 44.3 Å². The third-order valence-corrected chi connectivity index (χ3v) is 5.07. The lowest BCUT2D eigenvalue weighted by atomic mass is 10.3. The van der Waals surface area contributed by atoms with E-state index in [0.29, 0.717) is 19.1 Å². The van der Waals surface area contributed by atoms with Crippen LogP contribution in [0.25, 0.3) is 10.2 Å². The van der Waals surface area contributed by atoms with Crippen LogP contribution in [0.2, 0.25) is 0 Å². The van der Waals surface area contributed by atoms with Crippen LogP contribution in [-0.4, -0.2) is 54.3 Å². The molecule has 0 bridgehead atoms. The maximum atomic E-state index is 5.83. The van der Waals surface area contributed by atoms with Gasteiger partial charge in [-0.05, 0) is 19.1 Å². The average molecular weight is 371 g/mol. The number of nitrogens with one attached hydrogen (secondary N) is 1. The monoisotopic (exact) mass is 371 g/mol. The fourth-order valence-corrected chi connectivity index (χ4v) is 3.73. The zero-order valence-electron chi connectivity index (χ0n) is 14.6. The lowest BCUT2D eigenvalue weighted by Gasteiger charge is -2.28. The minimum absolute atomic E-state index is 0.409. The van der Waals surface area contributed by atoms with E-state index in [0.717, 1.165) is 48.3 Å². The van der Waals surface area contributed by atoms with Crippen LogP contribution in [0.1, 0.15) is 5.01 Å². The number of rotatable bonds is 6. The van der Waals surface area contributed by atoms with Crippen LogP contribution >= 0.6 is 11.3 Å². The summed E-state index contributed by atoms with van der Waals surface area (Å²) in [5.41, 5.74) is 0.973. The van der Waals surface area contributed by atoms with Gasteiger partial charge in [-0.25, -0.2) is 15.0 Å². The van der Waals surface area contributed by atoms with Gasteiger partial charge < -0.3 is 19.7 Å². The molecule has 1 aromatic carbocycles. The summed E-state index contributed by atoms with van der Waals surface area (Å²) in [5, 5.41) is 4.39. The zero-order valence-corrected chi connectivity index (χ0v) is 15.5. The Morgan fingerprint density at radius 1 is 1.12 bits per heavy atom. The molecule has 3 heterocycles. The Morgan fingerprint density at radius 3 is 2.81 bits per heavy atom. The highest BCUT2D eigenvalue weighted by Crippen LogP contribution is 2.26. The molecule has 0 atom stereocenters. The van der Waals surface area contributed by atoms with Crippen LogP contribution in [0.15, 0.2) is 30.6 Å². The Hall–Kier alpha value is -2.45. The molecule has 0 unspecified atom stereocenters. The molecular weight excluding hydrogens is 350 g/mol. The van der Waals surface area contributed by atoms with E-state index >= 15 is 0 Å². The first kappa shape index (κ1) is 17.0. The molecule has 8 heteroatoms. The summed E-state index contributed by atoms with van der Waals surface area (Å²) in [5.74, 6) is 2.16. The van der Waals surface area contributed by atoms with Crippen molar-refractivity contribution < 1.29 is 9.47 Å². The fourth-order valence-electron chi connectivity index (χ4n) is 2.92. The Morgan fingerprint density at radius 2 is 1.92 bits per heavy atom. The third kappa shape index (κ3) is 3.86. The van der Waals surface area contributed by atoms with Gasteiger partial charge in [0.1, 0.15) is 19.0 Å². The highest BCUT2D eigenvalue weighted by molar-refractivity contribution is 7.18. The lowest BCUT2D eigenvalue weighted by Crippen LogP contribution is -2.44. The molecular formula is C18H21N5O2S. The molecule has 4 rings (SSSR count). The van der Waals surface area contributed by atoms with Crippen LogP contribution in [0.5, 0.6) is 11.6 Å². The van der Waals surface area contributed by atoms with E-state index in [9.17, 15) is 0 Å². The van der Waals surface area contributed by atoms with Gasteiger partial charge in [-0.15, -0.1) is 11.3 Å². The van der Waals surface area contributed by atoms with Gasteiger partial charge in [0.15, 0.2) is 5.82 Å². The van der Waals surface area contributed by atoms with E-state index in [4.69, 9.17) is 9.47 Å². The van der Waals surface area contributed by atoms with E-state index in [-0.39, 0.29) is 0 Å². The summed E-state index contributed by atoms with van der Waals surface area (Å²) >= 11 is 1.69. The average Bonchev–Trinajstić information content (AvgIpc) is 3.05. The molecule has 1 N–H and O–H groups in total. The minimum Gasteiger partial charge on any atom is -0.490 e. The standard InChI is InChI=1S/C18H21N5O2S/c1-13-22-15-12-14(2-3-16(15)26-13)24-10-11-25-18-17(20-4-5-21-18)23-8-6-19-7-9-23/h2-5,12,19H,6-11H2,1H3. The lowest BCUT2D eigenvalue weighted by molar-refractivity contribution is 0.212. The molecule has 0 saturated carbocycles. The Bertz CT molecular complexity index is 879. The van der Waals surface area contributed by atoms with Crippen molar-refractivity contribution in [1.82, 2.24) is 20.3 Å². The van der Waals surface area contributed by atoms with E-state index in [1.165, 1.54) is 4.70 Å². The number of aromatic nitrogens is 3. The van der Waals surface area contributed by atoms with Crippen LogP contribution in [0, 0.1) is 6.92 Å². The van der Waals surface area contributed by atoms with E-state index in [2.05, 4.69) is 25.2 Å². The van der Waals surface area contributed by atoms with Crippen molar-refractivity contribution in [3.63, 3.8) is 0 Å². The maximum Gasteiger partial charge on any atom is 0.257 e. The number of ether oxygens (including phenoxy) is 2. The van der Waals surface area contributed by atoms with Crippen LogP contribution in [0.4, 0.5) is 5.82 Å². The highest BCUT2D eigenvalue weighted by atomic mass is 32.1. The van der Waals surface area contributed by atoms with Crippen molar-refractivity contribution in [2.24, 2.45) is 0 Å². The number of fused-ring (bicyclic) bond motifs is 1. The number of aryl methyl sites for hydroxylation is 1. The molecule has 0 radical (unpaired) electrons. The quantitative estimate of drug-likeness (QED) is 0.666. The Balaban J connectivity index is 1.34. The number of hydrogen-bond donors (Lipinski definition) is 1. The second-order valence-electron chi connectivity index (χ2n) is 5.98. The summed E-state index contributed by atoms with van der Waals surface area (Å²) in [6, 6.07) is 5.98. The topological polar surface area (TPSA) is 72.4 Å². The second kappa shape index (κ2) is 7.84. The molecule has 1 aliphatic heterocycles. The van der Waals surface area contributed by atoms with Gasteiger partial charge in [-0.2, -0.15) is 0 Å². The SMILES string of the molecule is Cc1nc2cc(OCCOc3nccnc3N3CCNCC3)ccc2s1. The normalized spacial score (nSPS) is 14.6. The van der Waals surface area contributed by atoms with E-state index < -0.39 is 0 Å². The van der Waals surface area contributed by atoms with Gasteiger partial charge in [0.25, 0.3) is 5.88 Å². The van der Waals surface area contributed by atoms with Gasteiger partial charge in [0, 0.05) is 44.6 Å².